The van der Waals surface area contributed by atoms with Crippen molar-refractivity contribution in [1.29, 1.82) is 0 Å². The maximum absolute atomic E-state index is 13.4. The van der Waals surface area contributed by atoms with E-state index in [0.29, 0.717) is 10.0 Å². The summed E-state index contributed by atoms with van der Waals surface area (Å²) in [7, 11) is -3.77. The first kappa shape index (κ1) is 15.5. The Kier molecular flexibility index (Phi) is 4.51. The molecule has 2 aromatic carbocycles. The quantitative estimate of drug-likeness (QED) is 0.793. The molecule has 106 valence electrons. The van der Waals surface area contributed by atoms with Crippen LogP contribution in [0.3, 0.4) is 0 Å². The molecule has 1 N–H and O–H groups in total. The van der Waals surface area contributed by atoms with Gasteiger partial charge in [-0.05, 0) is 58.7 Å². The Morgan fingerprint density at radius 1 is 1.10 bits per heavy atom. The van der Waals surface area contributed by atoms with E-state index in [1.807, 2.05) is 0 Å². The lowest BCUT2D eigenvalue weighted by Gasteiger charge is -2.10. The van der Waals surface area contributed by atoms with E-state index < -0.39 is 15.8 Å². The number of halogens is 3. The lowest BCUT2D eigenvalue weighted by molar-refractivity contribution is 0.600. The smallest absolute Gasteiger partial charge is 0.263 e. The zero-order valence-corrected chi connectivity index (χ0v) is 14.3. The third-order valence-electron chi connectivity index (χ3n) is 2.61. The molecule has 0 aliphatic heterocycles. The zero-order chi connectivity index (χ0) is 14.9. The van der Waals surface area contributed by atoms with E-state index in [0.717, 1.165) is 10.5 Å². The molecule has 0 amide bonds. The molecule has 0 bridgehead atoms. The SMILES string of the molecule is Cc1ccc(NS(=O)(=O)c2ccc(Br)cc2Br)cc1F. The van der Waals surface area contributed by atoms with Crippen LogP contribution in [-0.4, -0.2) is 8.42 Å². The molecule has 0 saturated heterocycles. The van der Waals surface area contributed by atoms with Crippen LogP contribution in [0.2, 0.25) is 0 Å². The summed E-state index contributed by atoms with van der Waals surface area (Å²) in [5, 5.41) is 0. The summed E-state index contributed by atoms with van der Waals surface area (Å²) in [6.45, 7) is 1.61. The summed E-state index contributed by atoms with van der Waals surface area (Å²) >= 11 is 6.45. The Labute approximate surface area is 133 Å². The Morgan fingerprint density at radius 2 is 1.80 bits per heavy atom. The van der Waals surface area contributed by atoms with Crippen LogP contribution in [0.1, 0.15) is 5.56 Å². The average molecular weight is 423 g/mol. The van der Waals surface area contributed by atoms with E-state index in [1.54, 1.807) is 19.1 Å². The third-order valence-corrected chi connectivity index (χ3v) is 5.46. The highest BCUT2D eigenvalue weighted by Gasteiger charge is 2.18. The third kappa shape index (κ3) is 3.39. The van der Waals surface area contributed by atoms with E-state index >= 15 is 0 Å². The molecule has 2 rings (SSSR count). The van der Waals surface area contributed by atoms with Gasteiger partial charge in [0.1, 0.15) is 10.7 Å². The normalized spacial score (nSPS) is 11.4. The van der Waals surface area contributed by atoms with Gasteiger partial charge in [0.05, 0.1) is 5.69 Å². The summed E-state index contributed by atoms with van der Waals surface area (Å²) in [6.07, 6.45) is 0. The minimum absolute atomic E-state index is 0.0849. The molecule has 0 heterocycles. The highest BCUT2D eigenvalue weighted by Crippen LogP contribution is 2.27. The second kappa shape index (κ2) is 5.83. The second-order valence-corrected chi connectivity index (χ2v) is 7.57. The van der Waals surface area contributed by atoms with Gasteiger partial charge >= 0.3 is 0 Å². The summed E-state index contributed by atoms with van der Waals surface area (Å²) < 4.78 is 41.5. The van der Waals surface area contributed by atoms with Crippen LogP contribution >= 0.6 is 31.9 Å². The molecule has 0 unspecified atom stereocenters. The molecule has 0 aliphatic rings. The van der Waals surface area contributed by atoms with E-state index in [4.69, 9.17) is 0 Å². The lowest BCUT2D eigenvalue weighted by Crippen LogP contribution is -2.13. The predicted octanol–water partition coefficient (Wildman–Crippen LogP) is 4.46. The average Bonchev–Trinajstić information content (AvgIpc) is 2.33. The van der Waals surface area contributed by atoms with Crippen molar-refractivity contribution in [1.82, 2.24) is 0 Å². The molecule has 20 heavy (non-hydrogen) atoms. The molecular weight excluding hydrogens is 413 g/mol. The van der Waals surface area contributed by atoms with Crippen LogP contribution in [0.25, 0.3) is 0 Å². The molecular formula is C13H10Br2FNO2S. The number of hydrogen-bond acceptors (Lipinski definition) is 2. The number of nitrogens with one attached hydrogen (secondary N) is 1. The summed E-state index contributed by atoms with van der Waals surface area (Å²) in [4.78, 5) is 0.0849. The Bertz CT molecular complexity index is 763. The van der Waals surface area contributed by atoms with Crippen LogP contribution in [0.4, 0.5) is 10.1 Å². The van der Waals surface area contributed by atoms with Crippen molar-refractivity contribution >= 4 is 47.6 Å². The van der Waals surface area contributed by atoms with Crippen LogP contribution in [0.15, 0.2) is 50.2 Å². The van der Waals surface area contributed by atoms with Crippen molar-refractivity contribution in [3.8, 4) is 0 Å². The fourth-order valence-corrected chi connectivity index (χ4v) is 4.36. The van der Waals surface area contributed by atoms with Gasteiger partial charge in [0.25, 0.3) is 10.0 Å². The molecule has 7 heteroatoms. The van der Waals surface area contributed by atoms with Crippen molar-refractivity contribution in [2.75, 3.05) is 4.72 Å². The first-order chi connectivity index (χ1) is 9.29. The molecule has 3 nitrogen and oxygen atoms in total. The highest BCUT2D eigenvalue weighted by atomic mass is 79.9. The van der Waals surface area contributed by atoms with Gasteiger partial charge in [-0.3, -0.25) is 4.72 Å². The maximum Gasteiger partial charge on any atom is 0.263 e. The maximum atomic E-state index is 13.4. The van der Waals surface area contributed by atoms with E-state index in [9.17, 15) is 12.8 Å². The first-order valence-corrected chi connectivity index (χ1v) is 8.60. The molecule has 0 aromatic heterocycles. The first-order valence-electron chi connectivity index (χ1n) is 5.53. The Balaban J connectivity index is 2.38. The van der Waals surface area contributed by atoms with E-state index in [2.05, 4.69) is 36.6 Å². The zero-order valence-electron chi connectivity index (χ0n) is 10.3. The number of hydrogen-bond donors (Lipinski definition) is 1. The van der Waals surface area contributed by atoms with Crippen LogP contribution in [0.5, 0.6) is 0 Å². The monoisotopic (exact) mass is 421 g/mol. The van der Waals surface area contributed by atoms with Gasteiger partial charge in [0, 0.05) is 8.95 Å². The van der Waals surface area contributed by atoms with Crippen molar-refractivity contribution in [3.63, 3.8) is 0 Å². The number of benzene rings is 2. The largest absolute Gasteiger partial charge is 0.279 e. The predicted molar refractivity (Wildman–Crippen MR) is 83.8 cm³/mol. The van der Waals surface area contributed by atoms with Crippen LogP contribution < -0.4 is 4.72 Å². The Morgan fingerprint density at radius 3 is 2.40 bits per heavy atom. The highest BCUT2D eigenvalue weighted by molar-refractivity contribution is 9.11. The molecule has 0 fully saturated rings. The number of rotatable bonds is 3. The minimum atomic E-state index is -3.77. The molecule has 2 aromatic rings. The second-order valence-electron chi connectivity index (χ2n) is 4.14. The summed E-state index contributed by atoms with van der Waals surface area (Å²) in [6, 6.07) is 8.90. The van der Waals surface area contributed by atoms with Crippen molar-refractivity contribution < 1.29 is 12.8 Å². The molecule has 0 radical (unpaired) electrons. The molecule has 0 atom stereocenters. The van der Waals surface area contributed by atoms with Gasteiger partial charge < -0.3 is 0 Å². The molecule has 0 saturated carbocycles. The van der Waals surface area contributed by atoms with Crippen molar-refractivity contribution in [3.05, 3.63) is 56.7 Å². The fourth-order valence-electron chi connectivity index (χ4n) is 1.56. The van der Waals surface area contributed by atoms with E-state index in [1.165, 1.54) is 18.2 Å². The van der Waals surface area contributed by atoms with E-state index in [-0.39, 0.29) is 10.6 Å². The van der Waals surface area contributed by atoms with Crippen molar-refractivity contribution in [2.24, 2.45) is 0 Å². The number of sulfonamides is 1. The molecule has 0 aliphatic carbocycles. The van der Waals surface area contributed by atoms with Gasteiger partial charge in [0.15, 0.2) is 0 Å². The van der Waals surface area contributed by atoms with Crippen molar-refractivity contribution in [2.45, 2.75) is 11.8 Å². The summed E-state index contributed by atoms with van der Waals surface area (Å²) in [5.41, 5.74) is 0.640. The topological polar surface area (TPSA) is 46.2 Å². The number of anilines is 1. The van der Waals surface area contributed by atoms with Gasteiger partial charge in [0.2, 0.25) is 0 Å². The van der Waals surface area contributed by atoms with Crippen LogP contribution in [0, 0.1) is 12.7 Å². The van der Waals surface area contributed by atoms with Gasteiger partial charge in [-0.1, -0.05) is 22.0 Å². The van der Waals surface area contributed by atoms with Gasteiger partial charge in [-0.15, -0.1) is 0 Å². The standard InChI is InChI=1S/C13H10Br2FNO2S/c1-8-2-4-10(7-12(8)16)17-20(18,19)13-5-3-9(14)6-11(13)15/h2-7,17H,1H3. The lowest BCUT2D eigenvalue weighted by atomic mass is 10.2. The fraction of sp³-hybridized carbons (Fsp3) is 0.0769. The van der Waals surface area contributed by atoms with Gasteiger partial charge in [-0.2, -0.15) is 0 Å². The van der Waals surface area contributed by atoms with Crippen LogP contribution in [-0.2, 0) is 10.0 Å². The summed E-state index contributed by atoms with van der Waals surface area (Å²) in [5.74, 6) is -0.458. The molecule has 0 spiro atoms. The van der Waals surface area contributed by atoms with Gasteiger partial charge in [-0.25, -0.2) is 12.8 Å². The Hall–Kier alpha value is -0.920. The minimum Gasteiger partial charge on any atom is -0.279 e. The number of aryl methyl sites for hydroxylation is 1.